The highest BCUT2D eigenvalue weighted by atomic mass is 19.1. The topological polar surface area (TPSA) is 34.9 Å². The van der Waals surface area contributed by atoms with Gasteiger partial charge in [0.05, 0.1) is 13.2 Å². The van der Waals surface area contributed by atoms with Crippen LogP contribution in [0.15, 0.2) is 18.5 Å². The summed E-state index contributed by atoms with van der Waals surface area (Å²) in [5.74, 6) is 4.93. The first-order valence-corrected chi connectivity index (χ1v) is 11.7. The Morgan fingerprint density at radius 2 is 1.96 bits per heavy atom. The van der Waals surface area contributed by atoms with Crippen LogP contribution in [0.3, 0.4) is 0 Å². The average Bonchev–Trinajstić information content (AvgIpc) is 3.34. The van der Waals surface area contributed by atoms with Gasteiger partial charge in [-0.2, -0.15) is 5.10 Å². The van der Waals surface area contributed by atoms with Crippen molar-refractivity contribution >= 4 is 5.78 Å². The van der Waals surface area contributed by atoms with Crippen LogP contribution in [-0.2, 0) is 11.3 Å². The Kier molecular flexibility index (Phi) is 4.87. The predicted octanol–water partition coefficient (Wildman–Crippen LogP) is 5.31. The minimum Gasteiger partial charge on any atom is -0.297 e. The van der Waals surface area contributed by atoms with E-state index in [0.717, 1.165) is 48.9 Å². The molecule has 5 rings (SSSR count). The third-order valence-electron chi connectivity index (χ3n) is 9.55. The van der Waals surface area contributed by atoms with E-state index in [2.05, 4.69) is 12.0 Å². The summed E-state index contributed by atoms with van der Waals surface area (Å²) in [5.41, 5.74) is 0.189. The van der Waals surface area contributed by atoms with Gasteiger partial charge in [-0.1, -0.05) is 6.92 Å². The molecule has 4 saturated carbocycles. The lowest BCUT2D eigenvalue weighted by molar-refractivity contribution is -0.131. The Labute approximate surface area is 168 Å². The van der Waals surface area contributed by atoms with E-state index in [1.807, 2.05) is 12.3 Å². The van der Waals surface area contributed by atoms with Crippen molar-refractivity contribution in [2.75, 3.05) is 6.67 Å². The normalized spacial score (nSPS) is 45.1. The first kappa shape index (κ1) is 18.8. The number of alkyl halides is 1. The minimum absolute atomic E-state index is 0.113. The molecule has 0 radical (unpaired) electrons. The lowest BCUT2D eigenvalue weighted by Gasteiger charge is -2.56. The summed E-state index contributed by atoms with van der Waals surface area (Å²) in [5, 5.41) is 4.25. The molecule has 0 bridgehead atoms. The van der Waals surface area contributed by atoms with Gasteiger partial charge in [-0.25, -0.2) is 0 Å². The van der Waals surface area contributed by atoms with E-state index in [0.29, 0.717) is 18.2 Å². The van der Waals surface area contributed by atoms with E-state index >= 15 is 0 Å². The fourth-order valence-corrected chi connectivity index (χ4v) is 8.28. The van der Waals surface area contributed by atoms with Crippen LogP contribution >= 0.6 is 0 Å². The van der Waals surface area contributed by atoms with Crippen LogP contribution in [-0.4, -0.2) is 22.2 Å². The maximum Gasteiger partial charge on any atom is 0.157 e. The highest BCUT2D eigenvalue weighted by molar-refractivity contribution is 5.82. The fourth-order valence-electron chi connectivity index (χ4n) is 8.28. The number of hydrogen-bond acceptors (Lipinski definition) is 2. The molecule has 154 valence electrons. The zero-order chi connectivity index (χ0) is 19.3. The molecule has 1 aromatic rings. The Hall–Kier alpha value is -1.19. The van der Waals surface area contributed by atoms with E-state index < -0.39 is 0 Å². The second kappa shape index (κ2) is 7.25. The first-order chi connectivity index (χ1) is 13.6. The van der Waals surface area contributed by atoms with E-state index in [9.17, 15) is 9.18 Å². The zero-order valence-electron chi connectivity index (χ0n) is 17.2. The van der Waals surface area contributed by atoms with Crippen molar-refractivity contribution in [2.24, 2.45) is 46.8 Å². The second-order valence-corrected chi connectivity index (χ2v) is 10.6. The highest BCUT2D eigenvalue weighted by Crippen LogP contribution is 2.64. The van der Waals surface area contributed by atoms with Gasteiger partial charge < -0.3 is 0 Å². The molecule has 3 nitrogen and oxygen atoms in total. The molecule has 0 amide bonds. The predicted molar refractivity (Wildman–Crippen MR) is 107 cm³/mol. The molecule has 4 aliphatic carbocycles. The molecule has 4 aliphatic rings. The standard InChI is InChI=1S/C24H35FN2O/c1-24-10-9-19-18-5-3-16(14-25)13-17(18)4-6-20(19)21(24)7-8-22(24)23(28)15-27-12-2-11-26-27/h2,11-12,16-22H,3-10,13-15H2,1H3. The van der Waals surface area contributed by atoms with Gasteiger partial charge in [0.25, 0.3) is 0 Å². The molecule has 8 unspecified atom stereocenters. The van der Waals surface area contributed by atoms with Gasteiger partial charge in [-0.05, 0) is 105 Å². The largest absolute Gasteiger partial charge is 0.297 e. The van der Waals surface area contributed by atoms with Crippen LogP contribution in [0.1, 0.15) is 64.7 Å². The van der Waals surface area contributed by atoms with E-state index in [1.165, 1.54) is 38.5 Å². The number of fused-ring (bicyclic) bond motifs is 5. The lowest BCUT2D eigenvalue weighted by atomic mass is 9.49. The van der Waals surface area contributed by atoms with Crippen molar-refractivity contribution in [2.45, 2.75) is 71.3 Å². The van der Waals surface area contributed by atoms with Gasteiger partial charge in [0, 0.05) is 18.3 Å². The summed E-state index contributed by atoms with van der Waals surface area (Å²) < 4.78 is 15.0. The van der Waals surface area contributed by atoms with Crippen molar-refractivity contribution in [1.82, 2.24) is 9.78 Å². The Balaban J connectivity index is 1.31. The molecule has 1 heterocycles. The van der Waals surface area contributed by atoms with E-state index in [1.54, 1.807) is 10.9 Å². The third kappa shape index (κ3) is 2.97. The summed E-state index contributed by atoms with van der Waals surface area (Å²) in [6.45, 7) is 2.75. The zero-order valence-corrected chi connectivity index (χ0v) is 17.2. The number of nitrogens with zero attached hydrogens (tertiary/aromatic N) is 2. The van der Waals surface area contributed by atoms with Crippen LogP contribution in [0.5, 0.6) is 0 Å². The minimum atomic E-state index is -0.113. The molecule has 0 aliphatic heterocycles. The molecular formula is C24H35FN2O. The van der Waals surface area contributed by atoms with Gasteiger partial charge in [-0.3, -0.25) is 13.9 Å². The molecule has 0 spiro atoms. The van der Waals surface area contributed by atoms with Gasteiger partial charge in [0.1, 0.15) is 0 Å². The molecule has 1 aromatic heterocycles. The maximum absolute atomic E-state index is 13.2. The van der Waals surface area contributed by atoms with Crippen molar-refractivity contribution < 1.29 is 9.18 Å². The highest BCUT2D eigenvalue weighted by Gasteiger charge is 2.58. The molecule has 0 aromatic carbocycles. The smallest absolute Gasteiger partial charge is 0.157 e. The number of carbonyl (C=O) groups is 1. The molecule has 0 saturated heterocycles. The maximum atomic E-state index is 13.2. The van der Waals surface area contributed by atoms with Gasteiger partial charge in [0.2, 0.25) is 0 Å². The summed E-state index contributed by atoms with van der Waals surface area (Å²) in [6, 6.07) is 1.90. The molecule has 8 atom stereocenters. The number of hydrogen-bond donors (Lipinski definition) is 0. The number of ketones is 1. The van der Waals surface area contributed by atoms with Gasteiger partial charge in [-0.15, -0.1) is 0 Å². The SMILES string of the molecule is CC12CCC3C4CCC(CF)CC4CCC3C1CCC2C(=O)Cn1cccn1. The van der Waals surface area contributed by atoms with Crippen molar-refractivity contribution in [3.63, 3.8) is 0 Å². The van der Waals surface area contributed by atoms with Crippen molar-refractivity contribution in [3.05, 3.63) is 18.5 Å². The third-order valence-corrected chi connectivity index (χ3v) is 9.55. The summed E-state index contributed by atoms with van der Waals surface area (Å²) in [7, 11) is 0. The van der Waals surface area contributed by atoms with Crippen LogP contribution in [0.4, 0.5) is 4.39 Å². The Bertz CT molecular complexity index is 703. The second-order valence-electron chi connectivity index (χ2n) is 10.6. The molecule has 28 heavy (non-hydrogen) atoms. The quantitative estimate of drug-likeness (QED) is 0.703. The van der Waals surface area contributed by atoms with Gasteiger partial charge in [0.15, 0.2) is 5.78 Å². The first-order valence-electron chi connectivity index (χ1n) is 11.7. The van der Waals surface area contributed by atoms with E-state index in [4.69, 9.17) is 0 Å². The summed E-state index contributed by atoms with van der Waals surface area (Å²) in [6.07, 6.45) is 14.6. The van der Waals surface area contributed by atoms with Crippen LogP contribution in [0, 0.1) is 46.8 Å². The Morgan fingerprint density at radius 3 is 2.75 bits per heavy atom. The van der Waals surface area contributed by atoms with E-state index in [-0.39, 0.29) is 18.0 Å². The summed E-state index contributed by atoms with van der Waals surface area (Å²) in [4.78, 5) is 13.1. The number of rotatable bonds is 4. The summed E-state index contributed by atoms with van der Waals surface area (Å²) >= 11 is 0. The van der Waals surface area contributed by atoms with Crippen LogP contribution < -0.4 is 0 Å². The molecule has 4 fully saturated rings. The molecule has 4 heteroatoms. The number of halogens is 1. The molecular weight excluding hydrogens is 351 g/mol. The monoisotopic (exact) mass is 386 g/mol. The molecule has 0 N–H and O–H groups in total. The van der Waals surface area contributed by atoms with Crippen molar-refractivity contribution in [3.8, 4) is 0 Å². The lowest BCUT2D eigenvalue weighted by Crippen LogP contribution is -2.49. The van der Waals surface area contributed by atoms with Crippen molar-refractivity contribution in [1.29, 1.82) is 0 Å². The fraction of sp³-hybridized carbons (Fsp3) is 0.833. The number of Topliss-reactive ketones (excluding diaryl/α,β-unsaturated/α-hetero) is 1. The van der Waals surface area contributed by atoms with Gasteiger partial charge >= 0.3 is 0 Å². The Morgan fingerprint density at radius 1 is 1.11 bits per heavy atom. The van der Waals surface area contributed by atoms with Crippen LogP contribution in [0.2, 0.25) is 0 Å². The average molecular weight is 387 g/mol. The number of aromatic nitrogens is 2. The number of carbonyl (C=O) groups excluding carboxylic acids is 1. The van der Waals surface area contributed by atoms with Crippen LogP contribution in [0.25, 0.3) is 0 Å².